The highest BCUT2D eigenvalue weighted by molar-refractivity contribution is 6.04. The van der Waals surface area contributed by atoms with Gasteiger partial charge in [-0.3, -0.25) is 9.98 Å². The topological polar surface area (TPSA) is 98.0 Å². The Morgan fingerprint density at radius 1 is 1.37 bits per heavy atom. The Balaban J connectivity index is 2.57. The summed E-state index contributed by atoms with van der Waals surface area (Å²) in [7, 11) is 1.75. The van der Waals surface area contributed by atoms with Crippen LogP contribution >= 0.6 is 0 Å². The normalized spacial score (nSPS) is 22.1. The standard InChI is InChI=1S/C13H27N5O/c1-9(14)8-17-13(16-3)10(2)12(15)18-11-4-6-19-7-5-11/h9-11H,4-8,14H2,1-3H3,(H2,15,18)(H,16,17). The lowest BCUT2D eigenvalue weighted by Gasteiger charge is -2.22. The lowest BCUT2D eigenvalue weighted by Crippen LogP contribution is -2.42. The molecule has 0 radical (unpaired) electrons. The first-order valence-corrected chi connectivity index (χ1v) is 6.91. The number of nitrogens with two attached hydrogens (primary N) is 2. The predicted octanol–water partition coefficient (Wildman–Crippen LogP) is 0.124. The fraction of sp³-hybridized carbons (Fsp3) is 0.846. The van der Waals surface area contributed by atoms with Crippen molar-refractivity contribution in [1.82, 2.24) is 5.32 Å². The number of amidine groups is 2. The molecular formula is C13H27N5O. The van der Waals surface area contributed by atoms with Gasteiger partial charge in [0, 0.05) is 32.8 Å². The SMILES string of the molecule is CN=C(NCC(C)N)C(C)C(N)=NC1CCOCC1. The fourth-order valence-electron chi connectivity index (χ4n) is 1.97. The molecule has 0 aromatic rings. The molecule has 0 aliphatic carbocycles. The monoisotopic (exact) mass is 269 g/mol. The third kappa shape index (κ3) is 5.57. The maximum Gasteiger partial charge on any atom is 0.106 e. The molecule has 0 saturated carbocycles. The van der Waals surface area contributed by atoms with Crippen LogP contribution in [0.3, 0.4) is 0 Å². The van der Waals surface area contributed by atoms with Crippen LogP contribution in [0, 0.1) is 5.92 Å². The largest absolute Gasteiger partial charge is 0.387 e. The smallest absolute Gasteiger partial charge is 0.106 e. The van der Waals surface area contributed by atoms with Crippen LogP contribution in [0.25, 0.3) is 0 Å². The summed E-state index contributed by atoms with van der Waals surface area (Å²) in [4.78, 5) is 8.83. The minimum atomic E-state index is -0.00778. The zero-order valence-electron chi connectivity index (χ0n) is 12.2. The van der Waals surface area contributed by atoms with Crippen LogP contribution in [-0.4, -0.2) is 50.6 Å². The first-order chi connectivity index (χ1) is 9.04. The van der Waals surface area contributed by atoms with Crippen LogP contribution < -0.4 is 16.8 Å². The van der Waals surface area contributed by atoms with Crippen molar-refractivity contribution in [3.8, 4) is 0 Å². The third-order valence-electron chi connectivity index (χ3n) is 3.22. The molecule has 1 heterocycles. The van der Waals surface area contributed by atoms with E-state index in [-0.39, 0.29) is 18.0 Å². The molecule has 2 atom stereocenters. The van der Waals surface area contributed by atoms with Crippen LogP contribution in [0.4, 0.5) is 0 Å². The lowest BCUT2D eigenvalue weighted by atomic mass is 10.1. The minimum absolute atomic E-state index is 0.00778. The Morgan fingerprint density at radius 3 is 2.53 bits per heavy atom. The molecule has 1 fully saturated rings. The van der Waals surface area contributed by atoms with Gasteiger partial charge in [-0.15, -0.1) is 0 Å². The summed E-state index contributed by atoms with van der Waals surface area (Å²) >= 11 is 0. The van der Waals surface area contributed by atoms with Gasteiger partial charge in [-0.25, -0.2) is 0 Å². The van der Waals surface area contributed by atoms with Gasteiger partial charge in [0.1, 0.15) is 11.7 Å². The van der Waals surface area contributed by atoms with Gasteiger partial charge in [0.15, 0.2) is 0 Å². The van der Waals surface area contributed by atoms with Gasteiger partial charge in [0.05, 0.1) is 12.0 Å². The zero-order chi connectivity index (χ0) is 14.3. The molecule has 0 amide bonds. The zero-order valence-corrected chi connectivity index (χ0v) is 12.2. The van der Waals surface area contributed by atoms with E-state index in [4.69, 9.17) is 16.2 Å². The van der Waals surface area contributed by atoms with E-state index in [2.05, 4.69) is 15.3 Å². The molecule has 1 aliphatic rings. The second kappa shape index (κ2) is 8.12. The second-order valence-corrected chi connectivity index (χ2v) is 5.09. The van der Waals surface area contributed by atoms with E-state index in [1.807, 2.05) is 13.8 Å². The molecule has 1 rings (SSSR count). The fourth-order valence-corrected chi connectivity index (χ4v) is 1.97. The molecule has 110 valence electrons. The van der Waals surface area contributed by atoms with Crippen LogP contribution in [0.1, 0.15) is 26.7 Å². The van der Waals surface area contributed by atoms with Crippen molar-refractivity contribution in [3.05, 3.63) is 0 Å². The molecule has 0 aromatic carbocycles. The number of rotatable bonds is 5. The molecule has 19 heavy (non-hydrogen) atoms. The molecule has 0 spiro atoms. The van der Waals surface area contributed by atoms with E-state index in [0.717, 1.165) is 31.9 Å². The van der Waals surface area contributed by atoms with Crippen molar-refractivity contribution in [2.75, 3.05) is 26.8 Å². The van der Waals surface area contributed by atoms with Gasteiger partial charge in [-0.05, 0) is 26.7 Å². The number of hydrogen-bond acceptors (Lipinski definition) is 4. The molecule has 6 heteroatoms. The third-order valence-corrected chi connectivity index (χ3v) is 3.22. The number of nitrogens with zero attached hydrogens (tertiary/aromatic N) is 2. The number of hydrogen-bond donors (Lipinski definition) is 3. The minimum Gasteiger partial charge on any atom is -0.387 e. The predicted molar refractivity (Wildman–Crippen MR) is 79.6 cm³/mol. The van der Waals surface area contributed by atoms with E-state index in [0.29, 0.717) is 12.4 Å². The molecular weight excluding hydrogens is 242 g/mol. The van der Waals surface area contributed by atoms with Gasteiger partial charge in [-0.1, -0.05) is 0 Å². The number of aliphatic imine (C=N–C) groups is 2. The first-order valence-electron chi connectivity index (χ1n) is 6.91. The van der Waals surface area contributed by atoms with E-state index in [1.54, 1.807) is 7.05 Å². The number of ether oxygens (including phenoxy) is 1. The Morgan fingerprint density at radius 2 is 2.00 bits per heavy atom. The Hall–Kier alpha value is -1.14. The summed E-state index contributed by atoms with van der Waals surface area (Å²) in [6.07, 6.45) is 1.89. The molecule has 0 bridgehead atoms. The summed E-state index contributed by atoms with van der Waals surface area (Å²) in [5, 5.41) is 3.23. The molecule has 1 aliphatic heterocycles. The Bertz CT molecular complexity index is 321. The van der Waals surface area contributed by atoms with Crippen molar-refractivity contribution in [3.63, 3.8) is 0 Å². The lowest BCUT2D eigenvalue weighted by molar-refractivity contribution is 0.0870. The highest BCUT2D eigenvalue weighted by Crippen LogP contribution is 2.11. The second-order valence-electron chi connectivity index (χ2n) is 5.09. The maximum absolute atomic E-state index is 6.09. The first kappa shape index (κ1) is 15.9. The Labute approximate surface area is 115 Å². The van der Waals surface area contributed by atoms with Crippen LogP contribution in [0.5, 0.6) is 0 Å². The summed E-state index contributed by atoms with van der Waals surface area (Å²) in [6.45, 7) is 6.18. The van der Waals surface area contributed by atoms with Gasteiger partial charge in [0.2, 0.25) is 0 Å². The molecule has 1 saturated heterocycles. The molecule has 5 N–H and O–H groups in total. The summed E-state index contributed by atoms with van der Waals surface area (Å²) in [5.41, 5.74) is 11.8. The quantitative estimate of drug-likeness (QED) is 0.488. The van der Waals surface area contributed by atoms with Gasteiger partial charge >= 0.3 is 0 Å². The highest BCUT2D eigenvalue weighted by Gasteiger charge is 2.18. The van der Waals surface area contributed by atoms with E-state index in [1.165, 1.54) is 0 Å². The van der Waals surface area contributed by atoms with Crippen molar-refractivity contribution in [2.45, 2.75) is 38.8 Å². The van der Waals surface area contributed by atoms with Crippen LogP contribution in [-0.2, 0) is 4.74 Å². The Kier molecular flexibility index (Phi) is 6.80. The van der Waals surface area contributed by atoms with E-state index >= 15 is 0 Å². The van der Waals surface area contributed by atoms with Crippen molar-refractivity contribution in [1.29, 1.82) is 0 Å². The summed E-state index contributed by atoms with van der Waals surface area (Å²) in [6, 6.07) is 0.361. The summed E-state index contributed by atoms with van der Waals surface area (Å²) in [5.74, 6) is 1.46. The van der Waals surface area contributed by atoms with E-state index in [9.17, 15) is 0 Å². The van der Waals surface area contributed by atoms with Crippen molar-refractivity contribution in [2.24, 2.45) is 27.4 Å². The molecule has 2 unspecified atom stereocenters. The highest BCUT2D eigenvalue weighted by atomic mass is 16.5. The van der Waals surface area contributed by atoms with Gasteiger partial charge in [0.25, 0.3) is 0 Å². The molecule has 6 nitrogen and oxygen atoms in total. The van der Waals surface area contributed by atoms with Crippen LogP contribution in [0.15, 0.2) is 9.98 Å². The van der Waals surface area contributed by atoms with E-state index < -0.39 is 0 Å². The van der Waals surface area contributed by atoms with Gasteiger partial charge < -0.3 is 21.5 Å². The molecule has 0 aromatic heterocycles. The summed E-state index contributed by atoms with van der Waals surface area (Å²) < 4.78 is 5.32. The van der Waals surface area contributed by atoms with Crippen LogP contribution in [0.2, 0.25) is 0 Å². The van der Waals surface area contributed by atoms with Crippen molar-refractivity contribution < 1.29 is 4.74 Å². The van der Waals surface area contributed by atoms with Gasteiger partial charge in [-0.2, -0.15) is 0 Å². The number of nitrogens with one attached hydrogen (secondary N) is 1. The average Bonchev–Trinajstić information content (AvgIpc) is 2.40. The average molecular weight is 269 g/mol. The van der Waals surface area contributed by atoms with Crippen molar-refractivity contribution >= 4 is 11.7 Å². The maximum atomic E-state index is 6.09.